The maximum Gasteiger partial charge on any atom is 0.407 e. The topological polar surface area (TPSA) is 50.4 Å². The molecule has 0 saturated carbocycles. The molecule has 0 aliphatic heterocycles. The Morgan fingerprint density at radius 1 is 1.25 bits per heavy atom. The molecule has 2 N–H and O–H groups in total. The number of alkyl carbamates (subject to hydrolysis) is 1. The molecule has 20 heavy (non-hydrogen) atoms. The van der Waals surface area contributed by atoms with Crippen LogP contribution < -0.4 is 10.6 Å². The second-order valence-corrected chi connectivity index (χ2v) is 5.56. The number of benzene rings is 1. The maximum atomic E-state index is 12.9. The van der Waals surface area contributed by atoms with Crippen molar-refractivity contribution >= 4 is 6.09 Å². The van der Waals surface area contributed by atoms with Crippen LogP contribution >= 0.6 is 0 Å². The van der Waals surface area contributed by atoms with Crippen molar-refractivity contribution in [3.05, 3.63) is 35.6 Å². The number of halogens is 1. The van der Waals surface area contributed by atoms with E-state index in [4.69, 9.17) is 4.74 Å². The lowest BCUT2D eigenvalue weighted by Gasteiger charge is -2.19. The molecule has 1 aromatic carbocycles. The summed E-state index contributed by atoms with van der Waals surface area (Å²) in [4.78, 5) is 11.3. The minimum atomic E-state index is -0.477. The molecule has 5 heteroatoms. The minimum Gasteiger partial charge on any atom is -0.444 e. The molecule has 0 unspecified atom stereocenters. The number of ether oxygens (including phenoxy) is 1. The minimum absolute atomic E-state index is 0.214. The van der Waals surface area contributed by atoms with Gasteiger partial charge in [-0.3, -0.25) is 0 Å². The van der Waals surface area contributed by atoms with Crippen molar-refractivity contribution < 1.29 is 13.9 Å². The van der Waals surface area contributed by atoms with Gasteiger partial charge in [0.05, 0.1) is 0 Å². The van der Waals surface area contributed by atoms with Gasteiger partial charge in [-0.15, -0.1) is 0 Å². The molecular formula is C15H23FN2O2. The van der Waals surface area contributed by atoms with Gasteiger partial charge in [0.15, 0.2) is 0 Å². The molecule has 0 bridgehead atoms. The monoisotopic (exact) mass is 282 g/mol. The highest BCUT2D eigenvalue weighted by Gasteiger charge is 2.15. The first-order valence-electron chi connectivity index (χ1n) is 6.79. The van der Waals surface area contributed by atoms with E-state index in [9.17, 15) is 9.18 Å². The van der Waals surface area contributed by atoms with E-state index in [1.807, 2.05) is 26.8 Å². The highest BCUT2D eigenvalue weighted by Crippen LogP contribution is 2.06. The average molecular weight is 282 g/mol. The standard InChI is InChI=1S/C15H23FN2O2/c1-15(2,3)20-14(19)18-10-9-17-8-7-12-5-4-6-13(16)11-12/h4-6,11,17H,7-10H2,1-3H3,(H,18,19). The Labute approximate surface area is 119 Å². The van der Waals surface area contributed by atoms with Gasteiger partial charge in [-0.1, -0.05) is 12.1 Å². The number of rotatable bonds is 6. The second kappa shape index (κ2) is 7.85. The van der Waals surface area contributed by atoms with Crippen LogP contribution in [0.3, 0.4) is 0 Å². The van der Waals surface area contributed by atoms with Crippen molar-refractivity contribution in [2.24, 2.45) is 0 Å². The molecule has 1 amide bonds. The normalized spacial score (nSPS) is 11.2. The quantitative estimate of drug-likeness (QED) is 0.788. The predicted octanol–water partition coefficient (Wildman–Crippen LogP) is 2.48. The first kappa shape index (κ1) is 16.4. The fraction of sp³-hybridized carbons (Fsp3) is 0.533. The fourth-order valence-electron chi connectivity index (χ4n) is 1.62. The maximum absolute atomic E-state index is 12.9. The third-order valence-corrected chi connectivity index (χ3v) is 2.45. The third kappa shape index (κ3) is 7.74. The van der Waals surface area contributed by atoms with Gasteiger partial charge in [-0.2, -0.15) is 0 Å². The summed E-state index contributed by atoms with van der Waals surface area (Å²) < 4.78 is 18.0. The van der Waals surface area contributed by atoms with Crippen LogP contribution in [0, 0.1) is 5.82 Å². The Hall–Kier alpha value is -1.62. The zero-order chi connectivity index (χ0) is 15.0. The summed E-state index contributed by atoms with van der Waals surface area (Å²) in [5, 5.41) is 5.84. The Balaban J connectivity index is 2.07. The van der Waals surface area contributed by atoms with Crippen molar-refractivity contribution in [1.29, 1.82) is 0 Å². The zero-order valence-electron chi connectivity index (χ0n) is 12.3. The van der Waals surface area contributed by atoms with Crippen LogP contribution in [0.4, 0.5) is 9.18 Å². The smallest absolute Gasteiger partial charge is 0.407 e. The molecule has 0 aliphatic rings. The van der Waals surface area contributed by atoms with E-state index >= 15 is 0 Å². The molecule has 0 aromatic heterocycles. The van der Waals surface area contributed by atoms with E-state index < -0.39 is 11.7 Å². The van der Waals surface area contributed by atoms with Gasteiger partial charge in [0.2, 0.25) is 0 Å². The summed E-state index contributed by atoms with van der Waals surface area (Å²) in [5.41, 5.74) is 0.479. The van der Waals surface area contributed by atoms with Crippen LogP contribution in [-0.4, -0.2) is 31.3 Å². The van der Waals surface area contributed by atoms with Crippen molar-refractivity contribution in [3.8, 4) is 0 Å². The van der Waals surface area contributed by atoms with Crippen molar-refractivity contribution in [2.45, 2.75) is 32.8 Å². The first-order chi connectivity index (χ1) is 9.37. The molecule has 0 aliphatic carbocycles. The van der Waals surface area contributed by atoms with Gasteiger partial charge in [0, 0.05) is 13.1 Å². The van der Waals surface area contributed by atoms with E-state index in [1.165, 1.54) is 12.1 Å². The molecule has 4 nitrogen and oxygen atoms in total. The summed E-state index contributed by atoms with van der Waals surface area (Å²) >= 11 is 0. The summed E-state index contributed by atoms with van der Waals surface area (Å²) in [5.74, 6) is -0.214. The molecule has 112 valence electrons. The molecule has 0 saturated heterocycles. The summed E-state index contributed by atoms with van der Waals surface area (Å²) in [6.07, 6.45) is 0.342. The number of carbonyl (C=O) groups is 1. The molecule has 0 spiro atoms. The Morgan fingerprint density at radius 3 is 2.65 bits per heavy atom. The number of hydrogen-bond acceptors (Lipinski definition) is 3. The van der Waals surface area contributed by atoms with Gasteiger partial charge < -0.3 is 15.4 Å². The van der Waals surface area contributed by atoms with E-state index in [0.29, 0.717) is 13.1 Å². The van der Waals surface area contributed by atoms with Gasteiger partial charge >= 0.3 is 6.09 Å². The van der Waals surface area contributed by atoms with Gasteiger partial charge in [0.25, 0.3) is 0 Å². The molecule has 0 atom stereocenters. The average Bonchev–Trinajstić information content (AvgIpc) is 2.31. The van der Waals surface area contributed by atoms with Crippen LogP contribution in [0.5, 0.6) is 0 Å². The zero-order valence-corrected chi connectivity index (χ0v) is 12.3. The van der Waals surface area contributed by atoms with Crippen LogP contribution in [0.1, 0.15) is 26.3 Å². The van der Waals surface area contributed by atoms with Crippen LogP contribution in [0.15, 0.2) is 24.3 Å². The van der Waals surface area contributed by atoms with Gasteiger partial charge in [-0.05, 0) is 51.4 Å². The lowest BCUT2D eigenvalue weighted by Crippen LogP contribution is -2.36. The largest absolute Gasteiger partial charge is 0.444 e. The van der Waals surface area contributed by atoms with Crippen LogP contribution in [0.2, 0.25) is 0 Å². The van der Waals surface area contributed by atoms with Crippen molar-refractivity contribution in [1.82, 2.24) is 10.6 Å². The van der Waals surface area contributed by atoms with Gasteiger partial charge in [0.1, 0.15) is 11.4 Å². The Morgan fingerprint density at radius 2 is 2.00 bits per heavy atom. The molecule has 0 heterocycles. The molecular weight excluding hydrogens is 259 g/mol. The second-order valence-electron chi connectivity index (χ2n) is 5.56. The number of carbonyl (C=O) groups excluding carboxylic acids is 1. The number of amides is 1. The molecule has 1 rings (SSSR count). The van der Waals surface area contributed by atoms with Crippen molar-refractivity contribution in [3.63, 3.8) is 0 Å². The Bertz CT molecular complexity index is 430. The number of hydrogen-bond donors (Lipinski definition) is 2. The van der Waals surface area contributed by atoms with Gasteiger partial charge in [-0.25, -0.2) is 9.18 Å². The molecule has 0 fully saturated rings. The lowest BCUT2D eigenvalue weighted by molar-refractivity contribution is 0.0528. The predicted molar refractivity (Wildman–Crippen MR) is 77.2 cm³/mol. The first-order valence-corrected chi connectivity index (χ1v) is 6.79. The van der Waals surface area contributed by atoms with Crippen LogP contribution in [0.25, 0.3) is 0 Å². The van der Waals surface area contributed by atoms with E-state index in [-0.39, 0.29) is 5.82 Å². The third-order valence-electron chi connectivity index (χ3n) is 2.45. The molecule has 0 radical (unpaired) electrons. The van der Waals surface area contributed by atoms with Crippen LogP contribution in [-0.2, 0) is 11.2 Å². The highest BCUT2D eigenvalue weighted by atomic mass is 19.1. The summed E-state index contributed by atoms with van der Waals surface area (Å²) in [6, 6.07) is 6.56. The SMILES string of the molecule is CC(C)(C)OC(=O)NCCNCCc1cccc(F)c1. The Kier molecular flexibility index (Phi) is 6.45. The van der Waals surface area contributed by atoms with E-state index in [1.54, 1.807) is 6.07 Å². The van der Waals surface area contributed by atoms with Crippen molar-refractivity contribution in [2.75, 3.05) is 19.6 Å². The lowest BCUT2D eigenvalue weighted by atomic mass is 10.1. The summed E-state index contributed by atoms with van der Waals surface area (Å²) in [6.45, 7) is 7.35. The summed E-state index contributed by atoms with van der Waals surface area (Å²) in [7, 11) is 0. The van der Waals surface area contributed by atoms with E-state index in [2.05, 4.69) is 10.6 Å². The molecule has 1 aromatic rings. The fourth-order valence-corrected chi connectivity index (χ4v) is 1.62. The van der Waals surface area contributed by atoms with E-state index in [0.717, 1.165) is 18.5 Å². The number of nitrogens with one attached hydrogen (secondary N) is 2. The highest BCUT2D eigenvalue weighted by molar-refractivity contribution is 5.67.